The van der Waals surface area contributed by atoms with Crippen LogP contribution >= 0.6 is 0 Å². The molecule has 4 nitrogen and oxygen atoms in total. The van der Waals surface area contributed by atoms with Crippen LogP contribution in [-0.2, 0) is 19.1 Å². The van der Waals surface area contributed by atoms with Crippen molar-refractivity contribution in [2.75, 3.05) is 7.11 Å². The maximum Gasteiger partial charge on any atom is 0.334 e. The lowest BCUT2D eigenvalue weighted by Gasteiger charge is -2.19. The summed E-state index contributed by atoms with van der Waals surface area (Å²) in [6, 6.07) is 7.81. The first-order valence-corrected chi connectivity index (χ1v) is 7.92. The summed E-state index contributed by atoms with van der Waals surface area (Å²) >= 11 is 0. The van der Waals surface area contributed by atoms with Gasteiger partial charge in [-0.2, -0.15) is 0 Å². The number of esters is 2. The number of benzene rings is 1. The zero-order valence-electron chi connectivity index (χ0n) is 14.6. The second-order valence-corrected chi connectivity index (χ2v) is 6.63. The third-order valence-electron chi connectivity index (χ3n) is 3.53. The molecule has 24 heavy (non-hydrogen) atoms. The average molecular weight is 325 g/mol. The normalized spacial score (nSPS) is 13.8. The van der Waals surface area contributed by atoms with E-state index in [1.54, 1.807) is 6.08 Å². The third kappa shape index (κ3) is 4.85. The molecule has 2 rings (SSSR count). The van der Waals surface area contributed by atoms with Crippen molar-refractivity contribution in [3.63, 3.8) is 0 Å². The molecule has 0 spiro atoms. The molecule has 0 aliphatic heterocycles. The Bertz CT molecular complexity index is 696. The Hall–Kier alpha value is -2.30. The minimum absolute atomic E-state index is 0.207. The van der Waals surface area contributed by atoms with Crippen molar-refractivity contribution in [3.8, 4) is 0 Å². The van der Waals surface area contributed by atoms with Crippen LogP contribution in [-0.4, -0.2) is 31.9 Å². The number of ether oxygens (including phenoxy) is 2. The summed E-state index contributed by atoms with van der Waals surface area (Å²) in [7, 11) is 3.24. The summed E-state index contributed by atoms with van der Waals surface area (Å²) in [5.41, 5.74) is 3.14. The van der Waals surface area contributed by atoms with Gasteiger partial charge in [0.2, 0.25) is 0 Å². The maximum absolute atomic E-state index is 11.9. The van der Waals surface area contributed by atoms with Crippen molar-refractivity contribution in [2.24, 2.45) is 0 Å². The van der Waals surface area contributed by atoms with Crippen LogP contribution in [0.25, 0.3) is 5.57 Å². The van der Waals surface area contributed by atoms with Crippen LogP contribution in [0.3, 0.4) is 0 Å². The maximum atomic E-state index is 11.9. The molecule has 0 amide bonds. The molecular weight excluding hydrogens is 303 g/mol. The first-order valence-electron chi connectivity index (χ1n) is 7.92. The van der Waals surface area contributed by atoms with Crippen LogP contribution < -0.4 is 5.46 Å². The second kappa shape index (κ2) is 7.52. The summed E-state index contributed by atoms with van der Waals surface area (Å²) in [6.45, 7) is 5.55. The van der Waals surface area contributed by atoms with Crippen molar-refractivity contribution >= 4 is 30.3 Å². The number of rotatable bonds is 5. The van der Waals surface area contributed by atoms with Crippen molar-refractivity contribution in [1.29, 1.82) is 0 Å². The Kier molecular flexibility index (Phi) is 5.65. The minimum Gasteiger partial charge on any atom is -0.466 e. The zero-order valence-corrected chi connectivity index (χ0v) is 14.6. The molecule has 0 aromatic heterocycles. The molecule has 0 saturated carbocycles. The predicted molar refractivity (Wildman–Crippen MR) is 95.2 cm³/mol. The second-order valence-electron chi connectivity index (χ2n) is 6.63. The lowest BCUT2D eigenvalue weighted by Crippen LogP contribution is -2.27. The van der Waals surface area contributed by atoms with E-state index in [9.17, 15) is 9.59 Å². The minimum atomic E-state index is -0.488. The van der Waals surface area contributed by atoms with Crippen molar-refractivity contribution < 1.29 is 19.1 Å². The van der Waals surface area contributed by atoms with Gasteiger partial charge in [0, 0.05) is 18.3 Å². The molecule has 125 valence electrons. The Morgan fingerprint density at radius 2 is 1.88 bits per heavy atom. The van der Waals surface area contributed by atoms with Crippen LogP contribution in [0.1, 0.15) is 32.8 Å². The number of methoxy groups -OCH3 is 1. The van der Waals surface area contributed by atoms with Crippen molar-refractivity contribution in [2.45, 2.75) is 39.1 Å². The van der Waals surface area contributed by atoms with Gasteiger partial charge in [-0.1, -0.05) is 41.9 Å². The molecular formula is C19H22BO4. The molecule has 1 aromatic carbocycles. The van der Waals surface area contributed by atoms with E-state index in [-0.39, 0.29) is 18.3 Å². The molecule has 0 fully saturated rings. The SMILES string of the molecule is COC(=O)C1=CC=C(c2ccccc2[B]CC(=O)OC(C)(C)C)C1. The molecule has 0 atom stereocenters. The van der Waals surface area contributed by atoms with E-state index in [1.807, 2.05) is 58.4 Å². The van der Waals surface area contributed by atoms with E-state index in [4.69, 9.17) is 9.47 Å². The highest BCUT2D eigenvalue weighted by molar-refractivity contribution is 6.58. The molecule has 0 unspecified atom stereocenters. The topological polar surface area (TPSA) is 52.6 Å². The molecule has 0 N–H and O–H groups in total. The Morgan fingerprint density at radius 1 is 1.17 bits per heavy atom. The standard InChI is InChI=1S/C19H22BO4/c1-19(2,3)24-17(21)12-20-16-8-6-5-7-15(16)13-9-10-14(11-13)18(22)23-4/h5-10H,11-12H2,1-4H3. The van der Waals surface area contributed by atoms with E-state index in [0.29, 0.717) is 12.0 Å². The van der Waals surface area contributed by atoms with Gasteiger partial charge in [0.15, 0.2) is 7.28 Å². The van der Waals surface area contributed by atoms with Crippen LogP contribution in [0.5, 0.6) is 0 Å². The van der Waals surface area contributed by atoms with Gasteiger partial charge in [-0.25, -0.2) is 4.79 Å². The molecule has 0 heterocycles. The van der Waals surface area contributed by atoms with Gasteiger partial charge in [0.05, 0.1) is 7.11 Å². The third-order valence-corrected chi connectivity index (χ3v) is 3.53. The number of carbonyl (C=O) groups excluding carboxylic acids is 2. The number of hydrogen-bond acceptors (Lipinski definition) is 4. The quantitative estimate of drug-likeness (QED) is 0.617. The lowest BCUT2D eigenvalue weighted by atomic mass is 9.64. The fourth-order valence-corrected chi connectivity index (χ4v) is 2.52. The van der Waals surface area contributed by atoms with Gasteiger partial charge in [-0.3, -0.25) is 4.79 Å². The molecule has 5 heteroatoms. The summed E-state index contributed by atoms with van der Waals surface area (Å²) in [5, 5.41) is 0. The van der Waals surface area contributed by atoms with Gasteiger partial charge in [-0.15, -0.1) is 0 Å². The average Bonchev–Trinajstić information content (AvgIpc) is 3.00. The van der Waals surface area contributed by atoms with E-state index in [2.05, 4.69) is 0 Å². The molecule has 1 aliphatic carbocycles. The highest BCUT2D eigenvalue weighted by atomic mass is 16.6. The summed E-state index contributed by atoms with van der Waals surface area (Å²) < 4.78 is 10.1. The molecule has 0 bridgehead atoms. The van der Waals surface area contributed by atoms with Gasteiger partial charge in [-0.05, 0) is 31.9 Å². The summed E-state index contributed by atoms with van der Waals surface area (Å²) in [4.78, 5) is 23.5. The Labute approximate surface area is 143 Å². The first kappa shape index (κ1) is 18.0. The summed E-state index contributed by atoms with van der Waals surface area (Å²) in [5.74, 6) is -0.567. The Balaban J connectivity index is 2.04. The van der Waals surface area contributed by atoms with Gasteiger partial charge in [0.1, 0.15) is 5.60 Å². The number of carbonyl (C=O) groups is 2. The zero-order chi connectivity index (χ0) is 17.7. The van der Waals surface area contributed by atoms with Crippen LogP contribution in [0, 0.1) is 0 Å². The molecule has 1 radical (unpaired) electrons. The monoisotopic (exact) mass is 325 g/mol. The highest BCUT2D eigenvalue weighted by Gasteiger charge is 2.20. The number of allylic oxidation sites excluding steroid dienone is 3. The predicted octanol–water partition coefficient (Wildman–Crippen LogP) is 2.66. The van der Waals surface area contributed by atoms with Gasteiger partial charge >= 0.3 is 5.97 Å². The fourth-order valence-electron chi connectivity index (χ4n) is 2.52. The van der Waals surface area contributed by atoms with Gasteiger partial charge in [0.25, 0.3) is 5.97 Å². The van der Waals surface area contributed by atoms with E-state index >= 15 is 0 Å². The first-order chi connectivity index (χ1) is 11.3. The highest BCUT2D eigenvalue weighted by Crippen LogP contribution is 2.27. The van der Waals surface area contributed by atoms with E-state index in [0.717, 1.165) is 16.6 Å². The molecule has 1 aromatic rings. The van der Waals surface area contributed by atoms with Crippen LogP contribution in [0.15, 0.2) is 42.0 Å². The number of hydrogen-bond donors (Lipinski definition) is 0. The summed E-state index contributed by atoms with van der Waals surface area (Å²) in [6.07, 6.45) is 4.45. The fraction of sp³-hybridized carbons (Fsp3) is 0.368. The molecule has 0 saturated heterocycles. The van der Waals surface area contributed by atoms with E-state index < -0.39 is 5.60 Å². The largest absolute Gasteiger partial charge is 0.466 e. The van der Waals surface area contributed by atoms with Crippen LogP contribution in [0.2, 0.25) is 6.32 Å². The molecule has 1 aliphatic rings. The van der Waals surface area contributed by atoms with E-state index in [1.165, 1.54) is 7.11 Å². The smallest absolute Gasteiger partial charge is 0.334 e. The lowest BCUT2D eigenvalue weighted by molar-refractivity contribution is -0.151. The Morgan fingerprint density at radius 3 is 2.54 bits per heavy atom. The van der Waals surface area contributed by atoms with Gasteiger partial charge < -0.3 is 9.47 Å². The van der Waals surface area contributed by atoms with Crippen LogP contribution in [0.4, 0.5) is 0 Å². The van der Waals surface area contributed by atoms with Crippen molar-refractivity contribution in [3.05, 3.63) is 47.6 Å². The van der Waals surface area contributed by atoms with Crippen molar-refractivity contribution in [1.82, 2.24) is 0 Å².